The van der Waals surface area contributed by atoms with Gasteiger partial charge in [0.2, 0.25) is 5.89 Å². The standard InChI is InChI=1S/C14H18N4O3/c1-3-10-12(15-8-20-10)14(19)18(2)7-11-16-13(21-17-11)9-5-4-6-9/h8-9H,3-7H2,1-2H3. The number of carbonyl (C=O) groups is 1. The van der Waals surface area contributed by atoms with E-state index >= 15 is 0 Å². The minimum absolute atomic E-state index is 0.199. The molecule has 1 amide bonds. The lowest BCUT2D eigenvalue weighted by molar-refractivity contribution is 0.0773. The van der Waals surface area contributed by atoms with Gasteiger partial charge in [0.25, 0.3) is 5.91 Å². The fourth-order valence-corrected chi connectivity index (χ4v) is 2.31. The third kappa shape index (κ3) is 2.68. The van der Waals surface area contributed by atoms with Crippen molar-refractivity contribution in [2.24, 2.45) is 0 Å². The number of aromatic nitrogens is 3. The smallest absolute Gasteiger partial charge is 0.276 e. The molecular weight excluding hydrogens is 272 g/mol. The highest BCUT2D eigenvalue weighted by Gasteiger charge is 2.26. The Kier molecular flexibility index (Phi) is 3.72. The summed E-state index contributed by atoms with van der Waals surface area (Å²) in [4.78, 5) is 22.2. The molecule has 0 bridgehead atoms. The zero-order valence-corrected chi connectivity index (χ0v) is 12.2. The average molecular weight is 290 g/mol. The molecule has 7 nitrogen and oxygen atoms in total. The molecule has 1 saturated carbocycles. The molecule has 7 heteroatoms. The number of nitrogens with zero attached hydrogens (tertiary/aromatic N) is 4. The van der Waals surface area contributed by atoms with Gasteiger partial charge in [-0.15, -0.1) is 0 Å². The number of rotatable bonds is 5. The van der Waals surface area contributed by atoms with Gasteiger partial charge in [0.1, 0.15) is 5.76 Å². The van der Waals surface area contributed by atoms with Crippen molar-refractivity contribution in [2.45, 2.75) is 45.1 Å². The minimum atomic E-state index is -0.199. The van der Waals surface area contributed by atoms with Crippen molar-refractivity contribution >= 4 is 5.91 Å². The summed E-state index contributed by atoms with van der Waals surface area (Å²) in [5.74, 6) is 2.00. The summed E-state index contributed by atoms with van der Waals surface area (Å²) < 4.78 is 10.4. The van der Waals surface area contributed by atoms with Gasteiger partial charge in [-0.3, -0.25) is 4.79 Å². The Morgan fingerprint density at radius 3 is 2.95 bits per heavy atom. The van der Waals surface area contributed by atoms with Crippen LogP contribution in [0.25, 0.3) is 0 Å². The van der Waals surface area contributed by atoms with Gasteiger partial charge < -0.3 is 13.8 Å². The Morgan fingerprint density at radius 1 is 1.48 bits per heavy atom. The molecule has 2 aromatic heterocycles. The third-order valence-electron chi connectivity index (χ3n) is 3.83. The molecule has 1 aliphatic carbocycles. The SMILES string of the molecule is CCc1ocnc1C(=O)N(C)Cc1noc(C2CCC2)n1. The van der Waals surface area contributed by atoms with Crippen LogP contribution in [0, 0.1) is 0 Å². The van der Waals surface area contributed by atoms with Gasteiger partial charge in [-0.1, -0.05) is 18.5 Å². The second-order valence-corrected chi connectivity index (χ2v) is 5.32. The maximum Gasteiger partial charge on any atom is 0.276 e. The number of amides is 1. The van der Waals surface area contributed by atoms with Crippen molar-refractivity contribution in [3.8, 4) is 0 Å². The number of aryl methyl sites for hydroxylation is 1. The molecule has 0 unspecified atom stereocenters. The van der Waals surface area contributed by atoms with E-state index < -0.39 is 0 Å². The van der Waals surface area contributed by atoms with E-state index in [0.29, 0.717) is 42.1 Å². The van der Waals surface area contributed by atoms with E-state index in [2.05, 4.69) is 15.1 Å². The maximum absolute atomic E-state index is 12.3. The second kappa shape index (κ2) is 5.67. The molecule has 21 heavy (non-hydrogen) atoms. The van der Waals surface area contributed by atoms with Crippen molar-refractivity contribution < 1.29 is 13.7 Å². The first-order chi connectivity index (χ1) is 10.2. The fourth-order valence-electron chi connectivity index (χ4n) is 2.31. The molecule has 112 valence electrons. The maximum atomic E-state index is 12.3. The van der Waals surface area contributed by atoms with Crippen molar-refractivity contribution in [3.63, 3.8) is 0 Å². The number of hydrogen-bond acceptors (Lipinski definition) is 6. The van der Waals surface area contributed by atoms with Crippen molar-refractivity contribution in [1.29, 1.82) is 0 Å². The van der Waals surface area contributed by atoms with Gasteiger partial charge in [-0.2, -0.15) is 4.98 Å². The zero-order chi connectivity index (χ0) is 14.8. The summed E-state index contributed by atoms with van der Waals surface area (Å²) >= 11 is 0. The van der Waals surface area contributed by atoms with E-state index in [1.807, 2.05) is 6.92 Å². The van der Waals surface area contributed by atoms with Gasteiger partial charge in [0, 0.05) is 19.4 Å². The molecule has 0 aromatic carbocycles. The van der Waals surface area contributed by atoms with Crippen molar-refractivity contribution in [1.82, 2.24) is 20.0 Å². The van der Waals surface area contributed by atoms with E-state index in [9.17, 15) is 4.79 Å². The lowest BCUT2D eigenvalue weighted by Gasteiger charge is -2.20. The molecular formula is C14H18N4O3. The Balaban J connectivity index is 1.66. The molecule has 0 aliphatic heterocycles. The Labute approximate surface area is 122 Å². The second-order valence-electron chi connectivity index (χ2n) is 5.32. The Bertz CT molecular complexity index is 630. The predicted octanol–water partition coefficient (Wildman–Crippen LogP) is 2.16. The topological polar surface area (TPSA) is 85.3 Å². The summed E-state index contributed by atoms with van der Waals surface area (Å²) in [5, 5.41) is 3.94. The molecule has 2 aromatic rings. The van der Waals surface area contributed by atoms with Crippen LogP contribution in [0.1, 0.15) is 60.1 Å². The summed E-state index contributed by atoms with van der Waals surface area (Å²) in [7, 11) is 1.69. The van der Waals surface area contributed by atoms with Gasteiger partial charge in [-0.25, -0.2) is 4.98 Å². The summed E-state index contributed by atoms with van der Waals surface area (Å²) in [6, 6.07) is 0. The van der Waals surface area contributed by atoms with Crippen LogP contribution in [-0.2, 0) is 13.0 Å². The molecule has 0 N–H and O–H groups in total. The van der Waals surface area contributed by atoms with Crippen LogP contribution in [0.5, 0.6) is 0 Å². The van der Waals surface area contributed by atoms with E-state index in [4.69, 9.17) is 8.94 Å². The molecule has 0 spiro atoms. The highest BCUT2D eigenvalue weighted by Crippen LogP contribution is 2.35. The van der Waals surface area contributed by atoms with E-state index in [1.54, 1.807) is 7.05 Å². The highest BCUT2D eigenvalue weighted by molar-refractivity contribution is 5.92. The summed E-state index contributed by atoms with van der Waals surface area (Å²) in [6.07, 6.45) is 5.35. The molecule has 0 saturated heterocycles. The zero-order valence-electron chi connectivity index (χ0n) is 12.2. The predicted molar refractivity (Wildman–Crippen MR) is 72.6 cm³/mol. The lowest BCUT2D eigenvalue weighted by Crippen LogP contribution is -2.27. The van der Waals surface area contributed by atoms with Crippen LogP contribution in [0.2, 0.25) is 0 Å². The van der Waals surface area contributed by atoms with Gasteiger partial charge in [0.15, 0.2) is 17.9 Å². The highest BCUT2D eigenvalue weighted by atomic mass is 16.5. The molecule has 3 rings (SSSR count). The molecule has 0 atom stereocenters. The van der Waals surface area contributed by atoms with Crippen LogP contribution < -0.4 is 0 Å². The molecule has 1 aliphatic rings. The van der Waals surface area contributed by atoms with Crippen LogP contribution >= 0.6 is 0 Å². The van der Waals surface area contributed by atoms with E-state index in [0.717, 1.165) is 12.8 Å². The third-order valence-corrected chi connectivity index (χ3v) is 3.83. The van der Waals surface area contributed by atoms with Crippen LogP contribution in [-0.4, -0.2) is 33.0 Å². The van der Waals surface area contributed by atoms with Gasteiger partial charge in [-0.05, 0) is 12.8 Å². The molecule has 0 radical (unpaired) electrons. The first-order valence-corrected chi connectivity index (χ1v) is 7.19. The number of oxazole rings is 1. The molecule has 2 heterocycles. The summed E-state index contributed by atoms with van der Waals surface area (Å²) in [6.45, 7) is 2.21. The summed E-state index contributed by atoms with van der Waals surface area (Å²) in [5.41, 5.74) is 0.350. The van der Waals surface area contributed by atoms with Crippen LogP contribution in [0.15, 0.2) is 15.3 Å². The van der Waals surface area contributed by atoms with E-state index in [-0.39, 0.29) is 5.91 Å². The number of hydrogen-bond donors (Lipinski definition) is 0. The quantitative estimate of drug-likeness (QED) is 0.838. The van der Waals surface area contributed by atoms with Gasteiger partial charge in [0.05, 0.1) is 6.54 Å². The van der Waals surface area contributed by atoms with Crippen molar-refractivity contribution in [2.75, 3.05) is 7.05 Å². The monoisotopic (exact) mass is 290 g/mol. The van der Waals surface area contributed by atoms with Crippen LogP contribution in [0.3, 0.4) is 0 Å². The Morgan fingerprint density at radius 2 is 2.29 bits per heavy atom. The average Bonchev–Trinajstić information content (AvgIpc) is 3.04. The fraction of sp³-hybridized carbons (Fsp3) is 0.571. The van der Waals surface area contributed by atoms with Gasteiger partial charge >= 0.3 is 0 Å². The first kappa shape index (κ1) is 13.8. The Hall–Kier alpha value is -2.18. The first-order valence-electron chi connectivity index (χ1n) is 7.19. The minimum Gasteiger partial charge on any atom is -0.448 e. The largest absolute Gasteiger partial charge is 0.448 e. The van der Waals surface area contributed by atoms with Crippen molar-refractivity contribution in [3.05, 3.63) is 29.6 Å². The lowest BCUT2D eigenvalue weighted by atomic mass is 9.85. The molecule has 1 fully saturated rings. The van der Waals surface area contributed by atoms with E-state index in [1.165, 1.54) is 17.7 Å². The number of carbonyl (C=O) groups excluding carboxylic acids is 1. The van der Waals surface area contributed by atoms with Crippen LogP contribution in [0.4, 0.5) is 0 Å². The normalized spacial score (nSPS) is 15.0.